The maximum Gasteiger partial charge on any atom is 0.145 e. The predicted molar refractivity (Wildman–Crippen MR) is 70.4 cm³/mol. The molecule has 0 unspecified atom stereocenters. The number of rotatable bonds is 4. The Morgan fingerprint density at radius 3 is 2.72 bits per heavy atom. The standard InChI is InChI=1S/C13H13BrF2N2/c14-11-3-4-12(15)10(13(11)16)8-18-7-1-2-9(18)5-6-17/h1-4,7H,5-6,8,17H2. The average molecular weight is 315 g/mol. The average Bonchev–Trinajstić information content (AvgIpc) is 2.78. The molecule has 2 aromatic rings. The van der Waals surface area contributed by atoms with Gasteiger partial charge in [0.2, 0.25) is 0 Å². The lowest BCUT2D eigenvalue weighted by Gasteiger charge is -2.11. The summed E-state index contributed by atoms with van der Waals surface area (Å²) in [5.41, 5.74) is 6.52. The minimum atomic E-state index is -0.553. The Bertz CT molecular complexity index is 552. The van der Waals surface area contributed by atoms with Crippen LogP contribution < -0.4 is 5.73 Å². The third-order valence-corrected chi connectivity index (χ3v) is 3.40. The third kappa shape index (κ3) is 2.62. The summed E-state index contributed by atoms with van der Waals surface area (Å²) in [6.07, 6.45) is 2.48. The van der Waals surface area contributed by atoms with Crippen molar-refractivity contribution >= 4 is 15.9 Å². The van der Waals surface area contributed by atoms with E-state index in [9.17, 15) is 8.78 Å². The van der Waals surface area contributed by atoms with Crippen LogP contribution in [0.2, 0.25) is 0 Å². The van der Waals surface area contributed by atoms with Gasteiger partial charge in [0.05, 0.1) is 11.0 Å². The van der Waals surface area contributed by atoms with Crippen molar-refractivity contribution in [2.24, 2.45) is 5.73 Å². The van der Waals surface area contributed by atoms with Gasteiger partial charge in [-0.15, -0.1) is 0 Å². The smallest absolute Gasteiger partial charge is 0.145 e. The fraction of sp³-hybridized carbons (Fsp3) is 0.231. The largest absolute Gasteiger partial charge is 0.347 e. The monoisotopic (exact) mass is 314 g/mol. The van der Waals surface area contributed by atoms with Gasteiger partial charge in [-0.05, 0) is 53.2 Å². The van der Waals surface area contributed by atoms with Crippen LogP contribution in [0.5, 0.6) is 0 Å². The summed E-state index contributed by atoms with van der Waals surface area (Å²) < 4.78 is 29.6. The molecule has 0 atom stereocenters. The molecule has 0 bridgehead atoms. The fourth-order valence-corrected chi connectivity index (χ4v) is 2.23. The number of benzene rings is 1. The highest BCUT2D eigenvalue weighted by Gasteiger charge is 2.13. The summed E-state index contributed by atoms with van der Waals surface area (Å²) in [6.45, 7) is 0.674. The molecule has 1 aromatic carbocycles. The molecule has 0 aliphatic carbocycles. The summed E-state index contributed by atoms with van der Waals surface area (Å²) in [7, 11) is 0. The van der Waals surface area contributed by atoms with Gasteiger partial charge in [0.25, 0.3) is 0 Å². The second-order valence-electron chi connectivity index (χ2n) is 3.99. The van der Waals surface area contributed by atoms with E-state index in [-0.39, 0.29) is 16.6 Å². The van der Waals surface area contributed by atoms with Crippen molar-refractivity contribution in [3.8, 4) is 0 Å². The second-order valence-corrected chi connectivity index (χ2v) is 4.84. The van der Waals surface area contributed by atoms with E-state index < -0.39 is 11.6 Å². The summed E-state index contributed by atoms with van der Waals surface area (Å²) in [5.74, 6) is -1.09. The summed E-state index contributed by atoms with van der Waals surface area (Å²) in [4.78, 5) is 0. The molecular formula is C13H13BrF2N2. The third-order valence-electron chi connectivity index (χ3n) is 2.79. The molecule has 18 heavy (non-hydrogen) atoms. The summed E-state index contributed by atoms with van der Waals surface area (Å²) >= 11 is 3.06. The molecule has 0 amide bonds. The van der Waals surface area contributed by atoms with Gasteiger partial charge in [-0.3, -0.25) is 0 Å². The minimum Gasteiger partial charge on any atom is -0.347 e. The van der Waals surface area contributed by atoms with E-state index in [2.05, 4.69) is 15.9 Å². The number of nitrogens with two attached hydrogens (primary N) is 1. The number of hydrogen-bond acceptors (Lipinski definition) is 1. The van der Waals surface area contributed by atoms with Crippen LogP contribution in [0, 0.1) is 11.6 Å². The first-order valence-electron chi connectivity index (χ1n) is 5.60. The van der Waals surface area contributed by atoms with E-state index in [0.717, 1.165) is 5.69 Å². The second kappa shape index (κ2) is 5.63. The van der Waals surface area contributed by atoms with Crippen molar-refractivity contribution in [1.82, 2.24) is 4.57 Å². The number of nitrogens with zero attached hydrogens (tertiary/aromatic N) is 1. The lowest BCUT2D eigenvalue weighted by molar-refractivity contribution is 0.537. The van der Waals surface area contributed by atoms with E-state index in [1.165, 1.54) is 12.1 Å². The van der Waals surface area contributed by atoms with Crippen molar-refractivity contribution in [3.63, 3.8) is 0 Å². The zero-order chi connectivity index (χ0) is 13.1. The van der Waals surface area contributed by atoms with Gasteiger partial charge in [-0.2, -0.15) is 0 Å². The Hall–Kier alpha value is -1.20. The van der Waals surface area contributed by atoms with Crippen LogP contribution in [0.1, 0.15) is 11.3 Å². The Morgan fingerprint density at radius 1 is 1.22 bits per heavy atom. The van der Waals surface area contributed by atoms with E-state index in [1.54, 1.807) is 10.8 Å². The maximum atomic E-state index is 13.8. The van der Waals surface area contributed by atoms with Crippen LogP contribution in [0.4, 0.5) is 8.78 Å². The molecule has 1 aromatic heterocycles. The Morgan fingerprint density at radius 2 is 2.00 bits per heavy atom. The van der Waals surface area contributed by atoms with Gasteiger partial charge < -0.3 is 10.3 Å². The van der Waals surface area contributed by atoms with Crippen molar-refractivity contribution < 1.29 is 8.78 Å². The highest BCUT2D eigenvalue weighted by Crippen LogP contribution is 2.23. The molecule has 0 saturated carbocycles. The predicted octanol–water partition coefficient (Wildman–Crippen LogP) is 3.08. The highest BCUT2D eigenvalue weighted by molar-refractivity contribution is 9.10. The van der Waals surface area contributed by atoms with Crippen LogP contribution in [0.3, 0.4) is 0 Å². The minimum absolute atomic E-state index is 0.0545. The SMILES string of the molecule is NCCc1cccn1Cc1c(F)ccc(Br)c1F. The van der Waals surface area contributed by atoms with Gasteiger partial charge in [-0.25, -0.2) is 8.78 Å². The van der Waals surface area contributed by atoms with Crippen LogP contribution >= 0.6 is 15.9 Å². The van der Waals surface area contributed by atoms with Crippen LogP contribution in [-0.4, -0.2) is 11.1 Å². The van der Waals surface area contributed by atoms with Crippen molar-refractivity contribution in [2.45, 2.75) is 13.0 Å². The summed E-state index contributed by atoms with van der Waals surface area (Å²) in [5, 5.41) is 0. The zero-order valence-electron chi connectivity index (χ0n) is 9.67. The van der Waals surface area contributed by atoms with Crippen molar-refractivity contribution in [1.29, 1.82) is 0 Å². The first-order chi connectivity index (χ1) is 8.63. The van der Waals surface area contributed by atoms with E-state index in [4.69, 9.17) is 5.73 Å². The Labute approximate surface area is 113 Å². The Balaban J connectivity index is 2.34. The van der Waals surface area contributed by atoms with E-state index in [1.807, 2.05) is 12.1 Å². The number of hydrogen-bond donors (Lipinski definition) is 1. The molecule has 2 N–H and O–H groups in total. The molecular weight excluding hydrogens is 302 g/mol. The van der Waals surface area contributed by atoms with Gasteiger partial charge >= 0.3 is 0 Å². The molecule has 5 heteroatoms. The van der Waals surface area contributed by atoms with Gasteiger partial charge in [0, 0.05) is 17.5 Å². The lowest BCUT2D eigenvalue weighted by Crippen LogP contribution is -2.11. The number of aromatic nitrogens is 1. The quantitative estimate of drug-likeness (QED) is 0.864. The fourth-order valence-electron chi connectivity index (χ4n) is 1.86. The molecule has 1 heterocycles. The molecule has 0 aliphatic heterocycles. The van der Waals surface area contributed by atoms with Crippen LogP contribution in [0.25, 0.3) is 0 Å². The molecule has 0 saturated heterocycles. The van der Waals surface area contributed by atoms with Gasteiger partial charge in [0.1, 0.15) is 11.6 Å². The van der Waals surface area contributed by atoms with Crippen LogP contribution in [-0.2, 0) is 13.0 Å². The Kier molecular flexibility index (Phi) is 4.14. The van der Waals surface area contributed by atoms with E-state index in [0.29, 0.717) is 13.0 Å². The molecule has 2 rings (SSSR count). The van der Waals surface area contributed by atoms with Crippen LogP contribution in [0.15, 0.2) is 34.9 Å². The van der Waals surface area contributed by atoms with Crippen molar-refractivity contribution in [3.05, 3.63) is 57.8 Å². The lowest BCUT2D eigenvalue weighted by atomic mass is 10.2. The highest BCUT2D eigenvalue weighted by atomic mass is 79.9. The summed E-state index contributed by atoms with van der Waals surface area (Å²) in [6, 6.07) is 6.37. The van der Waals surface area contributed by atoms with E-state index >= 15 is 0 Å². The topological polar surface area (TPSA) is 30.9 Å². The molecule has 0 radical (unpaired) electrons. The molecule has 96 valence electrons. The molecule has 0 spiro atoms. The first kappa shape index (κ1) is 13.2. The van der Waals surface area contributed by atoms with Gasteiger partial charge in [0.15, 0.2) is 0 Å². The number of halogens is 3. The van der Waals surface area contributed by atoms with Crippen molar-refractivity contribution in [2.75, 3.05) is 6.54 Å². The molecule has 0 aliphatic rings. The van der Waals surface area contributed by atoms with Gasteiger partial charge in [-0.1, -0.05) is 0 Å². The molecule has 0 fully saturated rings. The normalized spacial score (nSPS) is 10.9. The zero-order valence-corrected chi connectivity index (χ0v) is 11.3. The molecule has 2 nitrogen and oxygen atoms in total. The maximum absolute atomic E-state index is 13.8. The first-order valence-corrected chi connectivity index (χ1v) is 6.39.